The van der Waals surface area contributed by atoms with Crippen molar-refractivity contribution in [3.63, 3.8) is 0 Å². The average Bonchev–Trinajstić information content (AvgIpc) is 2.98. The van der Waals surface area contributed by atoms with E-state index in [9.17, 15) is 14.7 Å². The van der Waals surface area contributed by atoms with Crippen molar-refractivity contribution in [1.82, 2.24) is 15.3 Å². The summed E-state index contributed by atoms with van der Waals surface area (Å²) in [5, 5.41) is 13.4. The Labute approximate surface area is 165 Å². The molecule has 25 heavy (non-hydrogen) atoms. The normalized spacial score (nSPS) is 11.0. The molecule has 2 N–H and O–H groups in total. The monoisotopic (exact) mass is 414 g/mol. The van der Waals surface area contributed by atoms with Crippen LogP contribution in [0.4, 0.5) is 0 Å². The molecule has 1 unspecified atom stereocenters. The summed E-state index contributed by atoms with van der Waals surface area (Å²) in [6.07, 6.45) is 4.10. The van der Waals surface area contributed by atoms with Crippen LogP contribution >= 0.6 is 11.8 Å². The summed E-state index contributed by atoms with van der Waals surface area (Å²) in [6.45, 7) is 4.44. The van der Waals surface area contributed by atoms with Gasteiger partial charge in [0.05, 0.1) is 11.0 Å². The van der Waals surface area contributed by atoms with Gasteiger partial charge in [0, 0.05) is 17.8 Å². The Hall–Kier alpha value is -1.40. The van der Waals surface area contributed by atoms with Crippen LogP contribution in [0.5, 0.6) is 0 Å². The van der Waals surface area contributed by atoms with E-state index in [1.165, 1.54) is 6.92 Å². The van der Waals surface area contributed by atoms with Gasteiger partial charge in [-0.15, -0.1) is 0 Å². The molecule has 0 aliphatic rings. The maximum absolute atomic E-state index is 10.3. The van der Waals surface area contributed by atoms with Crippen molar-refractivity contribution in [1.29, 1.82) is 0 Å². The maximum Gasteiger partial charge on any atom is 2.00 e. The number of H-pyrrole nitrogens is 1. The number of nitrogens with zero attached hydrogens (tertiary/aromatic N) is 1. The number of carbonyl (C=O) groups excluding carboxylic acids is 2. The quantitative estimate of drug-likeness (QED) is 0.283. The summed E-state index contributed by atoms with van der Waals surface area (Å²) >= 11 is 1.77. The second-order valence-corrected chi connectivity index (χ2v) is 6.46. The van der Waals surface area contributed by atoms with Gasteiger partial charge in [-0.25, -0.2) is 4.98 Å². The molecule has 0 fully saturated rings. The number of imidazole rings is 1. The summed E-state index contributed by atoms with van der Waals surface area (Å²) in [7, 11) is 0. The van der Waals surface area contributed by atoms with Crippen LogP contribution in [0.1, 0.15) is 39.5 Å². The van der Waals surface area contributed by atoms with Gasteiger partial charge in [0.25, 0.3) is 0 Å². The van der Waals surface area contributed by atoms with Gasteiger partial charge in [0.15, 0.2) is 5.16 Å². The van der Waals surface area contributed by atoms with Crippen molar-refractivity contribution >= 4 is 35.2 Å². The summed E-state index contributed by atoms with van der Waals surface area (Å²) in [6, 6.07) is 8.05. The van der Waals surface area contributed by atoms with E-state index < -0.39 is 5.97 Å². The third-order valence-electron chi connectivity index (χ3n) is 3.24. The molecule has 132 valence electrons. The Morgan fingerprint density at radius 2 is 2.04 bits per heavy atom. The minimum atomic E-state index is -0.995. The molecule has 0 radical (unpaired) electrons. The number of amides is 1. The topological polar surface area (TPSA) is 97.9 Å². The van der Waals surface area contributed by atoms with Gasteiger partial charge in [-0.1, -0.05) is 44.2 Å². The molecule has 2 rings (SSSR count). The number of fused-ring (bicyclic) bond motifs is 1. The number of hydrogen-bond donors (Lipinski definition) is 2. The van der Waals surface area contributed by atoms with Crippen LogP contribution in [0.3, 0.4) is 0 Å². The molecule has 2 aromatic rings. The smallest absolute Gasteiger partial charge is 0.550 e. The zero-order valence-electron chi connectivity index (χ0n) is 14.8. The Balaban J connectivity index is 0.000000848. The Kier molecular flexibility index (Phi) is 13.1. The van der Waals surface area contributed by atoms with E-state index in [-0.39, 0.29) is 25.9 Å². The van der Waals surface area contributed by atoms with Crippen LogP contribution in [-0.4, -0.2) is 34.1 Å². The number of hydrogen-bond acceptors (Lipinski definition) is 5. The first kappa shape index (κ1) is 23.6. The Bertz CT molecular complexity index is 603. The molecule has 0 aliphatic heterocycles. The Morgan fingerprint density at radius 3 is 2.60 bits per heavy atom. The van der Waals surface area contributed by atoms with E-state index >= 15 is 0 Å². The van der Waals surface area contributed by atoms with Crippen LogP contribution in [0, 0.1) is 0 Å². The number of para-hydroxylation sites is 2. The first-order chi connectivity index (χ1) is 11.6. The number of carboxylic acids is 1. The van der Waals surface area contributed by atoms with E-state index in [0.717, 1.165) is 48.4 Å². The molecule has 1 heterocycles. The fourth-order valence-corrected chi connectivity index (χ4v) is 3.26. The fourth-order valence-electron chi connectivity index (χ4n) is 2.03. The van der Waals surface area contributed by atoms with Crippen LogP contribution < -0.4 is 10.4 Å². The van der Waals surface area contributed by atoms with Gasteiger partial charge in [-0.05, 0) is 31.4 Å². The SMILES string of the molecule is CCC(=O)[O-].CCCC(CCNC=O)Sc1nc2ccccc2[nH]1.[Zn+2]. The number of carboxylic acid groups (broad SMARTS) is 1. The van der Waals surface area contributed by atoms with Crippen molar-refractivity contribution in [3.8, 4) is 0 Å². The third kappa shape index (κ3) is 9.61. The molecular weight excluding hydrogens is 392 g/mol. The second-order valence-electron chi connectivity index (χ2n) is 5.17. The number of aromatic amines is 1. The van der Waals surface area contributed by atoms with Crippen LogP contribution in [0.15, 0.2) is 29.4 Å². The zero-order chi connectivity index (χ0) is 17.8. The van der Waals surface area contributed by atoms with E-state index in [1.807, 2.05) is 24.3 Å². The zero-order valence-corrected chi connectivity index (χ0v) is 18.6. The second kappa shape index (κ2) is 13.8. The van der Waals surface area contributed by atoms with Crippen molar-refractivity contribution in [3.05, 3.63) is 24.3 Å². The number of thioether (sulfide) groups is 1. The van der Waals surface area contributed by atoms with E-state index in [0.29, 0.717) is 5.25 Å². The van der Waals surface area contributed by atoms with Gasteiger partial charge in [-0.2, -0.15) is 0 Å². The maximum atomic E-state index is 10.3. The standard InChI is InChI=1S/C14H19N3OS.C3H6O2.Zn/c1-2-5-11(8-9-15-10-18)19-14-16-12-6-3-4-7-13(12)17-14;1-2-3(4)5;/h3-4,6-7,10-11H,2,5,8-9H2,1H3,(H,15,18)(H,16,17);2H2,1H3,(H,4,5);/q;;+2/p-1. The van der Waals surface area contributed by atoms with Gasteiger partial charge < -0.3 is 20.2 Å². The summed E-state index contributed by atoms with van der Waals surface area (Å²) in [5.74, 6) is -0.995. The van der Waals surface area contributed by atoms with Crippen LogP contribution in [0.25, 0.3) is 11.0 Å². The minimum absolute atomic E-state index is 0. The van der Waals surface area contributed by atoms with Crippen molar-refractivity contribution in [2.75, 3.05) is 6.54 Å². The minimum Gasteiger partial charge on any atom is -0.550 e. The molecule has 0 saturated carbocycles. The molecule has 1 atom stereocenters. The molecule has 0 spiro atoms. The first-order valence-corrected chi connectivity index (χ1v) is 8.96. The Morgan fingerprint density at radius 1 is 1.36 bits per heavy atom. The fraction of sp³-hybridized carbons (Fsp3) is 0.471. The van der Waals surface area contributed by atoms with E-state index in [4.69, 9.17) is 0 Å². The summed E-state index contributed by atoms with van der Waals surface area (Å²) in [4.78, 5) is 27.5. The number of aliphatic carboxylic acids is 1. The molecule has 1 aromatic carbocycles. The molecule has 0 aliphatic carbocycles. The molecular formula is C17H24N3O3SZn+. The molecule has 1 amide bonds. The number of aromatic nitrogens is 2. The first-order valence-electron chi connectivity index (χ1n) is 8.08. The third-order valence-corrected chi connectivity index (χ3v) is 4.46. The average molecular weight is 416 g/mol. The van der Waals surface area contributed by atoms with Crippen LogP contribution in [0.2, 0.25) is 0 Å². The van der Waals surface area contributed by atoms with Gasteiger partial charge in [0.1, 0.15) is 0 Å². The summed E-state index contributed by atoms with van der Waals surface area (Å²) in [5.41, 5.74) is 2.08. The van der Waals surface area contributed by atoms with Gasteiger partial charge in [-0.3, -0.25) is 4.79 Å². The van der Waals surface area contributed by atoms with Gasteiger partial charge in [0.2, 0.25) is 6.41 Å². The van der Waals surface area contributed by atoms with Crippen molar-refractivity contribution in [2.24, 2.45) is 0 Å². The van der Waals surface area contributed by atoms with Gasteiger partial charge >= 0.3 is 19.5 Å². The van der Waals surface area contributed by atoms with Crippen molar-refractivity contribution < 1.29 is 34.2 Å². The van der Waals surface area contributed by atoms with E-state index in [1.54, 1.807) is 11.8 Å². The predicted molar refractivity (Wildman–Crippen MR) is 94.6 cm³/mol. The van der Waals surface area contributed by atoms with Crippen LogP contribution in [-0.2, 0) is 29.1 Å². The largest absolute Gasteiger partial charge is 2.00 e. The molecule has 6 nitrogen and oxygen atoms in total. The number of nitrogens with one attached hydrogen (secondary N) is 2. The number of carbonyl (C=O) groups is 2. The molecule has 1 aromatic heterocycles. The summed E-state index contributed by atoms with van der Waals surface area (Å²) < 4.78 is 0. The molecule has 8 heteroatoms. The molecule has 0 saturated heterocycles. The number of rotatable bonds is 9. The predicted octanol–water partition coefficient (Wildman–Crippen LogP) is 2.10. The molecule has 0 bridgehead atoms. The van der Waals surface area contributed by atoms with E-state index in [2.05, 4.69) is 22.2 Å². The number of benzene rings is 1. The van der Waals surface area contributed by atoms with Crippen molar-refractivity contribution in [2.45, 2.75) is 49.9 Å².